The molecule has 0 spiro atoms. The van der Waals surface area contributed by atoms with Gasteiger partial charge in [-0.25, -0.2) is 4.79 Å². The molecule has 86 valence electrons. The van der Waals surface area contributed by atoms with E-state index in [1.165, 1.54) is 0 Å². The first-order chi connectivity index (χ1) is 7.38. The molecule has 0 aliphatic rings. The summed E-state index contributed by atoms with van der Waals surface area (Å²) < 4.78 is 5.50. The van der Waals surface area contributed by atoms with Crippen LogP contribution in [-0.2, 0) is 9.22 Å². The lowest BCUT2D eigenvalue weighted by Gasteiger charge is -2.19. The maximum atomic E-state index is 11.0. The molecule has 1 aromatic rings. The topological polar surface area (TPSA) is 46.5 Å². The highest BCUT2D eigenvalue weighted by atomic mass is 28.4. The number of hydrogen-bond acceptors (Lipinski definition) is 2. The van der Waals surface area contributed by atoms with Crippen molar-refractivity contribution in [2.24, 2.45) is 0 Å². The van der Waals surface area contributed by atoms with Crippen molar-refractivity contribution in [2.75, 3.05) is 0 Å². The minimum Gasteiger partial charge on any atom is -0.539 e. The Morgan fingerprint density at radius 1 is 1.25 bits per heavy atom. The van der Waals surface area contributed by atoms with Crippen LogP contribution in [0.15, 0.2) is 36.1 Å². The largest absolute Gasteiger partial charge is 0.539 e. The number of benzene rings is 1. The number of carbonyl (C=O) groups is 1. The van der Waals surface area contributed by atoms with Crippen LogP contribution in [0.3, 0.4) is 0 Å². The second-order valence-electron chi connectivity index (χ2n) is 4.44. The molecule has 0 radical (unpaired) electrons. The molecular formula is C12H16O3Si. The average molecular weight is 236 g/mol. The molecule has 0 saturated heterocycles. The SMILES string of the molecule is C[Si](C)(C)OC(=Cc1ccccc1)C(=O)O. The molecule has 0 aromatic heterocycles. The second kappa shape index (κ2) is 4.98. The van der Waals surface area contributed by atoms with Crippen molar-refractivity contribution in [2.45, 2.75) is 19.6 Å². The highest BCUT2D eigenvalue weighted by molar-refractivity contribution is 6.70. The summed E-state index contributed by atoms with van der Waals surface area (Å²) in [5.41, 5.74) is 0.832. The third kappa shape index (κ3) is 4.31. The minimum absolute atomic E-state index is 0.0189. The standard InChI is InChI=1S/C12H16O3Si/c1-16(2,3)15-11(12(13)14)9-10-7-5-4-6-8-10/h4-9H,1-3H3,(H,13,14). The highest BCUT2D eigenvalue weighted by Gasteiger charge is 2.21. The van der Waals surface area contributed by atoms with Crippen molar-refractivity contribution in [3.05, 3.63) is 41.7 Å². The van der Waals surface area contributed by atoms with E-state index in [9.17, 15) is 4.79 Å². The minimum atomic E-state index is -1.89. The van der Waals surface area contributed by atoms with E-state index in [0.717, 1.165) is 5.56 Å². The normalized spacial score (nSPS) is 12.3. The molecule has 0 aliphatic heterocycles. The molecule has 0 aliphatic carbocycles. The van der Waals surface area contributed by atoms with E-state index >= 15 is 0 Å². The van der Waals surface area contributed by atoms with E-state index in [0.29, 0.717) is 0 Å². The van der Waals surface area contributed by atoms with Gasteiger partial charge in [-0.1, -0.05) is 30.3 Å². The average Bonchev–Trinajstić information content (AvgIpc) is 2.16. The second-order valence-corrected chi connectivity index (χ2v) is 8.87. The van der Waals surface area contributed by atoms with E-state index in [2.05, 4.69) is 0 Å². The van der Waals surface area contributed by atoms with Gasteiger partial charge in [0.2, 0.25) is 8.32 Å². The van der Waals surface area contributed by atoms with Crippen LogP contribution in [0.4, 0.5) is 0 Å². The third-order valence-electron chi connectivity index (χ3n) is 1.72. The maximum Gasteiger partial charge on any atom is 0.369 e. The van der Waals surface area contributed by atoms with Crippen LogP contribution in [-0.4, -0.2) is 19.4 Å². The van der Waals surface area contributed by atoms with Gasteiger partial charge in [0, 0.05) is 0 Å². The summed E-state index contributed by atoms with van der Waals surface area (Å²) in [5.74, 6) is -1.00. The van der Waals surface area contributed by atoms with Crippen LogP contribution >= 0.6 is 0 Å². The van der Waals surface area contributed by atoms with Crippen LogP contribution in [0.25, 0.3) is 6.08 Å². The molecule has 3 nitrogen and oxygen atoms in total. The van der Waals surface area contributed by atoms with Crippen molar-refractivity contribution in [3.63, 3.8) is 0 Å². The highest BCUT2D eigenvalue weighted by Crippen LogP contribution is 2.14. The first kappa shape index (κ1) is 12.5. The fourth-order valence-corrected chi connectivity index (χ4v) is 1.97. The number of hydrogen-bond donors (Lipinski definition) is 1. The fourth-order valence-electron chi connectivity index (χ4n) is 1.17. The van der Waals surface area contributed by atoms with Gasteiger partial charge in [0.25, 0.3) is 0 Å². The predicted molar refractivity (Wildman–Crippen MR) is 66.5 cm³/mol. The van der Waals surface area contributed by atoms with Gasteiger partial charge in [0.05, 0.1) is 0 Å². The molecule has 0 bridgehead atoms. The van der Waals surface area contributed by atoms with Crippen LogP contribution in [0.5, 0.6) is 0 Å². The maximum absolute atomic E-state index is 11.0. The van der Waals surface area contributed by atoms with Crippen molar-refractivity contribution >= 4 is 20.4 Å². The Bertz CT molecular complexity index is 390. The number of aliphatic carboxylic acids is 1. The quantitative estimate of drug-likeness (QED) is 0.496. The number of rotatable bonds is 4. The number of carboxylic acid groups (broad SMARTS) is 1. The van der Waals surface area contributed by atoms with Gasteiger partial charge in [-0.2, -0.15) is 0 Å². The van der Waals surface area contributed by atoms with Gasteiger partial charge < -0.3 is 9.53 Å². The monoisotopic (exact) mass is 236 g/mol. The summed E-state index contributed by atoms with van der Waals surface area (Å²) in [5, 5.41) is 9.03. The molecule has 16 heavy (non-hydrogen) atoms. The van der Waals surface area contributed by atoms with E-state index in [-0.39, 0.29) is 5.76 Å². The van der Waals surface area contributed by atoms with Crippen molar-refractivity contribution < 1.29 is 14.3 Å². The molecule has 0 saturated carbocycles. The molecule has 0 unspecified atom stereocenters. The van der Waals surface area contributed by atoms with Gasteiger partial charge in [0.1, 0.15) is 0 Å². The zero-order valence-corrected chi connectivity index (χ0v) is 10.7. The molecule has 0 atom stereocenters. The van der Waals surface area contributed by atoms with Crippen LogP contribution < -0.4 is 0 Å². The van der Waals surface area contributed by atoms with Gasteiger partial charge >= 0.3 is 5.97 Å². The predicted octanol–water partition coefficient (Wildman–Crippen LogP) is 2.96. The van der Waals surface area contributed by atoms with Gasteiger partial charge in [-0.05, 0) is 31.3 Å². The Kier molecular flexibility index (Phi) is 3.90. The Labute approximate surface area is 96.5 Å². The van der Waals surface area contributed by atoms with Crippen LogP contribution in [0, 0.1) is 0 Å². The Morgan fingerprint density at radius 3 is 2.25 bits per heavy atom. The summed E-state index contributed by atoms with van der Waals surface area (Å²) in [6.07, 6.45) is 1.56. The van der Waals surface area contributed by atoms with Crippen molar-refractivity contribution in [1.29, 1.82) is 0 Å². The lowest BCUT2D eigenvalue weighted by molar-refractivity contribution is -0.135. The molecule has 0 amide bonds. The zero-order chi connectivity index (χ0) is 12.2. The van der Waals surface area contributed by atoms with Gasteiger partial charge in [-0.3, -0.25) is 0 Å². The molecule has 1 N–H and O–H groups in total. The molecular weight excluding hydrogens is 220 g/mol. The van der Waals surface area contributed by atoms with E-state index in [4.69, 9.17) is 9.53 Å². The van der Waals surface area contributed by atoms with E-state index in [1.54, 1.807) is 6.08 Å². The lowest BCUT2D eigenvalue weighted by atomic mass is 10.2. The molecule has 1 aromatic carbocycles. The summed E-state index contributed by atoms with van der Waals surface area (Å²) in [7, 11) is -1.89. The first-order valence-corrected chi connectivity index (χ1v) is 8.48. The summed E-state index contributed by atoms with van der Waals surface area (Å²) in [6, 6.07) is 9.30. The van der Waals surface area contributed by atoms with E-state index < -0.39 is 14.3 Å². The fraction of sp³-hybridized carbons (Fsp3) is 0.250. The Hall–Kier alpha value is -1.55. The van der Waals surface area contributed by atoms with Crippen LogP contribution in [0.1, 0.15) is 5.56 Å². The summed E-state index contributed by atoms with van der Waals surface area (Å²) >= 11 is 0. The van der Waals surface area contributed by atoms with E-state index in [1.807, 2.05) is 50.0 Å². The lowest BCUT2D eigenvalue weighted by Crippen LogP contribution is -2.27. The van der Waals surface area contributed by atoms with Crippen molar-refractivity contribution in [3.8, 4) is 0 Å². The van der Waals surface area contributed by atoms with Crippen molar-refractivity contribution in [1.82, 2.24) is 0 Å². The molecule has 4 heteroatoms. The zero-order valence-electron chi connectivity index (χ0n) is 9.73. The first-order valence-electron chi connectivity index (χ1n) is 5.07. The smallest absolute Gasteiger partial charge is 0.369 e. The Balaban J connectivity index is 2.95. The van der Waals surface area contributed by atoms with Crippen LogP contribution in [0.2, 0.25) is 19.6 Å². The molecule has 0 heterocycles. The van der Waals surface area contributed by atoms with Gasteiger partial charge in [-0.15, -0.1) is 0 Å². The summed E-state index contributed by atoms with van der Waals surface area (Å²) in [4.78, 5) is 11.0. The number of carboxylic acids is 1. The molecule has 1 rings (SSSR count). The summed E-state index contributed by atoms with van der Waals surface area (Å²) in [6.45, 7) is 5.86. The van der Waals surface area contributed by atoms with Gasteiger partial charge in [0.15, 0.2) is 5.76 Å². The molecule has 0 fully saturated rings. The Morgan fingerprint density at radius 2 is 1.81 bits per heavy atom. The third-order valence-corrected chi connectivity index (χ3v) is 2.56.